The van der Waals surface area contributed by atoms with Crippen LogP contribution < -0.4 is 4.74 Å². The van der Waals surface area contributed by atoms with E-state index in [9.17, 15) is 8.78 Å². The number of benzene rings is 3. The summed E-state index contributed by atoms with van der Waals surface area (Å²) in [5.41, 5.74) is 1.56. The van der Waals surface area contributed by atoms with Crippen molar-refractivity contribution in [1.82, 2.24) is 4.57 Å². The maximum absolute atomic E-state index is 14.7. The molecule has 3 aromatic carbocycles. The van der Waals surface area contributed by atoms with Crippen LogP contribution >= 0.6 is 15.9 Å². The number of rotatable bonds is 5. The van der Waals surface area contributed by atoms with Gasteiger partial charge in [-0.3, -0.25) is 0 Å². The molecule has 132 valence electrons. The fourth-order valence-corrected chi connectivity index (χ4v) is 3.79. The summed E-state index contributed by atoms with van der Waals surface area (Å²) in [6.07, 6.45) is 0. The maximum Gasteiger partial charge on any atom is 0.298 e. The Labute approximate surface area is 158 Å². The average Bonchev–Trinajstić information content (AvgIpc) is 2.96. The molecule has 1 heterocycles. The standard InChI is InChI=1S/C21H16BrF2NO/c22-18-11-6-10-17-16-9-4-5-12-19(16)25(20(17)18)13-21(23,24)14-26-15-7-2-1-3-8-15/h1-12H,13-14H2. The molecule has 0 unspecified atom stereocenters. The van der Waals surface area contributed by atoms with E-state index in [-0.39, 0.29) is 0 Å². The van der Waals surface area contributed by atoms with E-state index in [1.165, 1.54) is 0 Å². The molecule has 26 heavy (non-hydrogen) atoms. The predicted molar refractivity (Wildman–Crippen MR) is 104 cm³/mol. The number of hydrogen-bond acceptors (Lipinski definition) is 1. The number of nitrogens with zero attached hydrogens (tertiary/aromatic N) is 1. The lowest BCUT2D eigenvalue weighted by atomic mass is 10.2. The first kappa shape index (κ1) is 17.0. The van der Waals surface area contributed by atoms with Gasteiger partial charge in [-0.1, -0.05) is 48.5 Å². The number of ether oxygens (including phenoxy) is 1. The summed E-state index contributed by atoms with van der Waals surface area (Å²) in [6, 6.07) is 22.0. The zero-order chi connectivity index (χ0) is 18.1. The van der Waals surface area contributed by atoms with Gasteiger partial charge in [0.15, 0.2) is 6.61 Å². The third-order valence-corrected chi connectivity index (χ3v) is 4.96. The number of para-hydroxylation sites is 3. The fraction of sp³-hybridized carbons (Fsp3) is 0.143. The highest BCUT2D eigenvalue weighted by molar-refractivity contribution is 9.10. The lowest BCUT2D eigenvalue weighted by Crippen LogP contribution is -2.31. The zero-order valence-corrected chi connectivity index (χ0v) is 15.4. The molecule has 1 aromatic heterocycles. The zero-order valence-electron chi connectivity index (χ0n) is 13.8. The highest BCUT2D eigenvalue weighted by atomic mass is 79.9. The van der Waals surface area contributed by atoms with Crippen molar-refractivity contribution in [2.24, 2.45) is 0 Å². The normalized spacial score (nSPS) is 12.0. The van der Waals surface area contributed by atoms with Crippen molar-refractivity contribution in [2.45, 2.75) is 12.5 Å². The second-order valence-corrected chi connectivity index (χ2v) is 7.05. The highest BCUT2D eigenvalue weighted by Crippen LogP contribution is 2.35. The van der Waals surface area contributed by atoms with Crippen molar-refractivity contribution in [3.63, 3.8) is 0 Å². The van der Waals surface area contributed by atoms with Gasteiger partial charge in [-0.25, -0.2) is 8.78 Å². The van der Waals surface area contributed by atoms with Gasteiger partial charge in [-0.2, -0.15) is 0 Å². The largest absolute Gasteiger partial charge is 0.487 e. The molecule has 0 saturated carbocycles. The van der Waals surface area contributed by atoms with Gasteiger partial charge in [0.1, 0.15) is 5.75 Å². The van der Waals surface area contributed by atoms with E-state index >= 15 is 0 Å². The van der Waals surface area contributed by atoms with Gasteiger partial charge >= 0.3 is 0 Å². The molecular weight excluding hydrogens is 400 g/mol. The third kappa shape index (κ3) is 3.19. The number of hydrogen-bond donors (Lipinski definition) is 0. The Morgan fingerprint density at radius 3 is 2.35 bits per heavy atom. The molecule has 2 nitrogen and oxygen atoms in total. The SMILES string of the molecule is FC(F)(COc1ccccc1)Cn1c2ccccc2c2cccc(Br)c21. The van der Waals surface area contributed by atoms with Crippen LogP contribution in [0.4, 0.5) is 8.78 Å². The predicted octanol–water partition coefficient (Wildman–Crippen LogP) is 6.27. The van der Waals surface area contributed by atoms with Gasteiger partial charge in [-0.15, -0.1) is 0 Å². The monoisotopic (exact) mass is 415 g/mol. The average molecular weight is 416 g/mol. The molecule has 0 saturated heterocycles. The Kier molecular flexibility index (Phi) is 4.41. The van der Waals surface area contributed by atoms with Crippen LogP contribution in [0.3, 0.4) is 0 Å². The van der Waals surface area contributed by atoms with E-state index in [0.29, 0.717) is 5.75 Å². The Hall–Kier alpha value is -2.40. The van der Waals surface area contributed by atoms with Gasteiger partial charge in [-0.05, 0) is 40.2 Å². The van der Waals surface area contributed by atoms with E-state index in [1.54, 1.807) is 28.8 Å². The molecule has 0 aliphatic heterocycles. The van der Waals surface area contributed by atoms with E-state index in [2.05, 4.69) is 15.9 Å². The number of alkyl halides is 2. The topological polar surface area (TPSA) is 14.2 Å². The van der Waals surface area contributed by atoms with E-state index in [4.69, 9.17) is 4.74 Å². The van der Waals surface area contributed by atoms with Crippen LogP contribution in [0.25, 0.3) is 21.8 Å². The van der Waals surface area contributed by atoms with Crippen molar-refractivity contribution in [1.29, 1.82) is 0 Å². The van der Waals surface area contributed by atoms with Crippen molar-refractivity contribution >= 4 is 37.7 Å². The first-order chi connectivity index (χ1) is 12.6. The fourth-order valence-electron chi connectivity index (χ4n) is 3.21. The van der Waals surface area contributed by atoms with E-state index < -0.39 is 19.1 Å². The van der Waals surface area contributed by atoms with Crippen molar-refractivity contribution in [3.05, 3.63) is 77.3 Å². The Morgan fingerprint density at radius 2 is 1.54 bits per heavy atom. The molecule has 0 fully saturated rings. The Balaban J connectivity index is 1.71. The minimum atomic E-state index is -3.01. The van der Waals surface area contributed by atoms with Gasteiger partial charge in [0.05, 0.1) is 12.1 Å². The van der Waals surface area contributed by atoms with Crippen LogP contribution in [0.1, 0.15) is 0 Å². The molecule has 0 spiro atoms. The Morgan fingerprint density at radius 1 is 0.846 bits per heavy atom. The first-order valence-corrected chi connectivity index (χ1v) is 9.06. The summed E-state index contributed by atoms with van der Waals surface area (Å²) in [5.74, 6) is -2.57. The van der Waals surface area contributed by atoms with Crippen molar-refractivity contribution < 1.29 is 13.5 Å². The molecule has 4 aromatic rings. The van der Waals surface area contributed by atoms with Crippen LogP contribution in [-0.4, -0.2) is 17.1 Å². The smallest absolute Gasteiger partial charge is 0.298 e. The quantitative estimate of drug-likeness (QED) is 0.374. The molecule has 0 amide bonds. The van der Waals surface area contributed by atoms with Crippen LogP contribution in [0, 0.1) is 0 Å². The van der Waals surface area contributed by atoms with Gasteiger partial charge < -0.3 is 9.30 Å². The minimum absolute atomic E-state index is 0.440. The summed E-state index contributed by atoms with van der Waals surface area (Å²) in [7, 11) is 0. The lowest BCUT2D eigenvalue weighted by Gasteiger charge is -2.19. The molecule has 0 radical (unpaired) electrons. The molecule has 4 rings (SSSR count). The number of halogens is 3. The van der Waals surface area contributed by atoms with Crippen LogP contribution in [0.2, 0.25) is 0 Å². The molecule has 0 aliphatic rings. The second-order valence-electron chi connectivity index (χ2n) is 6.20. The van der Waals surface area contributed by atoms with Crippen molar-refractivity contribution in [3.8, 4) is 5.75 Å². The maximum atomic E-state index is 14.7. The first-order valence-electron chi connectivity index (χ1n) is 8.26. The molecule has 0 N–H and O–H groups in total. The van der Waals surface area contributed by atoms with Crippen LogP contribution in [-0.2, 0) is 6.54 Å². The summed E-state index contributed by atoms with van der Waals surface area (Å²) in [4.78, 5) is 0. The number of fused-ring (bicyclic) bond motifs is 3. The molecule has 0 bridgehead atoms. The molecule has 0 aliphatic carbocycles. The van der Waals surface area contributed by atoms with Gasteiger partial charge in [0.2, 0.25) is 0 Å². The van der Waals surface area contributed by atoms with Gasteiger partial charge in [0, 0.05) is 20.8 Å². The third-order valence-electron chi connectivity index (χ3n) is 4.32. The molecule has 0 atom stereocenters. The summed E-state index contributed by atoms with van der Waals surface area (Å²) >= 11 is 3.51. The highest BCUT2D eigenvalue weighted by Gasteiger charge is 2.32. The second kappa shape index (κ2) is 6.72. The van der Waals surface area contributed by atoms with Crippen LogP contribution in [0.15, 0.2) is 77.3 Å². The van der Waals surface area contributed by atoms with Gasteiger partial charge in [0.25, 0.3) is 5.92 Å². The summed E-state index contributed by atoms with van der Waals surface area (Å²) in [6.45, 7) is -1.12. The van der Waals surface area contributed by atoms with Crippen molar-refractivity contribution in [2.75, 3.05) is 6.61 Å². The number of aromatic nitrogens is 1. The molecular formula is C21H16BrF2NO. The molecule has 5 heteroatoms. The lowest BCUT2D eigenvalue weighted by molar-refractivity contribution is -0.0529. The van der Waals surface area contributed by atoms with Crippen LogP contribution in [0.5, 0.6) is 5.75 Å². The van der Waals surface area contributed by atoms with E-state index in [1.807, 2.05) is 48.5 Å². The van der Waals surface area contributed by atoms with E-state index in [0.717, 1.165) is 26.3 Å². The summed E-state index contributed by atoms with van der Waals surface area (Å²) < 4.78 is 37.2. The Bertz CT molecular complexity index is 1060. The summed E-state index contributed by atoms with van der Waals surface area (Å²) in [5, 5.41) is 1.92. The minimum Gasteiger partial charge on any atom is -0.487 e.